The average Bonchev–Trinajstić information content (AvgIpc) is 2.79. The SMILES string of the molecule is CCCCCCC(C)OC1CCC(CO)(NC)C1. The van der Waals surface area contributed by atoms with Crippen LogP contribution in [0.2, 0.25) is 0 Å². The molecule has 0 saturated heterocycles. The first-order chi connectivity index (χ1) is 8.65. The normalized spacial score (nSPS) is 29.7. The minimum atomic E-state index is -0.0907. The van der Waals surface area contributed by atoms with Gasteiger partial charge in [0.2, 0.25) is 0 Å². The number of hydrogen-bond donors (Lipinski definition) is 2. The van der Waals surface area contributed by atoms with E-state index in [-0.39, 0.29) is 12.1 Å². The second kappa shape index (κ2) is 8.13. The van der Waals surface area contributed by atoms with E-state index in [2.05, 4.69) is 19.2 Å². The van der Waals surface area contributed by atoms with E-state index in [1.165, 1.54) is 32.1 Å². The Labute approximate surface area is 112 Å². The lowest BCUT2D eigenvalue weighted by atomic mass is 9.99. The van der Waals surface area contributed by atoms with Gasteiger partial charge in [-0.25, -0.2) is 0 Å². The third kappa shape index (κ3) is 4.87. The van der Waals surface area contributed by atoms with Gasteiger partial charge in [-0.3, -0.25) is 0 Å². The van der Waals surface area contributed by atoms with Crippen molar-refractivity contribution in [2.45, 2.75) is 83.0 Å². The number of aliphatic hydroxyl groups excluding tert-OH is 1. The van der Waals surface area contributed by atoms with E-state index >= 15 is 0 Å². The van der Waals surface area contributed by atoms with Crippen LogP contribution < -0.4 is 5.32 Å². The van der Waals surface area contributed by atoms with Crippen molar-refractivity contribution in [3.8, 4) is 0 Å². The number of nitrogens with one attached hydrogen (secondary N) is 1. The molecule has 1 fully saturated rings. The fraction of sp³-hybridized carbons (Fsp3) is 1.00. The standard InChI is InChI=1S/C15H31NO2/c1-4-5-6-7-8-13(2)18-14-9-10-15(11-14,12-17)16-3/h13-14,16-17H,4-12H2,1-3H3. The van der Waals surface area contributed by atoms with Crippen molar-refractivity contribution in [2.24, 2.45) is 0 Å². The van der Waals surface area contributed by atoms with Crippen molar-refractivity contribution in [1.82, 2.24) is 5.32 Å². The third-order valence-electron chi connectivity index (χ3n) is 4.29. The summed E-state index contributed by atoms with van der Waals surface area (Å²) in [5.74, 6) is 0. The molecule has 3 heteroatoms. The van der Waals surface area contributed by atoms with Gasteiger partial charge in [0, 0.05) is 5.54 Å². The van der Waals surface area contributed by atoms with Gasteiger partial charge < -0.3 is 15.2 Å². The molecule has 1 saturated carbocycles. The molecule has 2 N–H and O–H groups in total. The van der Waals surface area contributed by atoms with E-state index < -0.39 is 0 Å². The highest BCUT2D eigenvalue weighted by atomic mass is 16.5. The summed E-state index contributed by atoms with van der Waals surface area (Å²) in [7, 11) is 1.94. The molecule has 0 amide bonds. The lowest BCUT2D eigenvalue weighted by Gasteiger charge is -2.27. The Balaban J connectivity index is 2.19. The van der Waals surface area contributed by atoms with Crippen molar-refractivity contribution in [1.29, 1.82) is 0 Å². The summed E-state index contributed by atoms with van der Waals surface area (Å²) in [4.78, 5) is 0. The molecule has 1 aliphatic carbocycles. The van der Waals surface area contributed by atoms with Gasteiger partial charge in [-0.15, -0.1) is 0 Å². The van der Waals surface area contributed by atoms with Crippen LogP contribution in [0.3, 0.4) is 0 Å². The summed E-state index contributed by atoms with van der Waals surface area (Å²) >= 11 is 0. The van der Waals surface area contributed by atoms with Gasteiger partial charge in [-0.2, -0.15) is 0 Å². The first-order valence-corrected chi connectivity index (χ1v) is 7.61. The lowest BCUT2D eigenvalue weighted by molar-refractivity contribution is -0.00898. The number of rotatable bonds is 9. The van der Waals surface area contributed by atoms with Crippen LogP contribution in [0.5, 0.6) is 0 Å². The predicted octanol–water partition coefficient (Wildman–Crippen LogP) is 2.86. The monoisotopic (exact) mass is 257 g/mol. The second-order valence-corrected chi connectivity index (χ2v) is 5.85. The van der Waals surface area contributed by atoms with Crippen LogP contribution >= 0.6 is 0 Å². The molecule has 3 atom stereocenters. The van der Waals surface area contributed by atoms with Crippen molar-refractivity contribution in [3.63, 3.8) is 0 Å². The largest absolute Gasteiger partial charge is 0.394 e. The Bertz CT molecular complexity index is 217. The van der Waals surface area contributed by atoms with E-state index in [1.807, 2.05) is 7.05 Å². The molecular formula is C15H31NO2. The Morgan fingerprint density at radius 2 is 2.17 bits per heavy atom. The summed E-state index contributed by atoms with van der Waals surface area (Å²) < 4.78 is 6.10. The van der Waals surface area contributed by atoms with Crippen LogP contribution in [0.1, 0.15) is 65.2 Å². The Morgan fingerprint density at radius 1 is 1.39 bits per heavy atom. The zero-order valence-corrected chi connectivity index (χ0v) is 12.4. The summed E-state index contributed by atoms with van der Waals surface area (Å²) in [6.45, 7) is 4.64. The van der Waals surface area contributed by atoms with Gasteiger partial charge in [-0.05, 0) is 39.7 Å². The van der Waals surface area contributed by atoms with Gasteiger partial charge in [-0.1, -0.05) is 32.6 Å². The number of likely N-dealkylation sites (N-methyl/N-ethyl adjacent to an activating group) is 1. The summed E-state index contributed by atoms with van der Waals surface area (Å²) in [5, 5.41) is 12.7. The maximum absolute atomic E-state index is 9.45. The minimum Gasteiger partial charge on any atom is -0.394 e. The zero-order chi connectivity index (χ0) is 13.4. The maximum Gasteiger partial charge on any atom is 0.0614 e. The number of hydrogen-bond acceptors (Lipinski definition) is 3. The summed E-state index contributed by atoms with van der Waals surface area (Å²) in [6.07, 6.45) is 10.1. The Hall–Kier alpha value is -0.120. The van der Waals surface area contributed by atoms with Crippen molar-refractivity contribution >= 4 is 0 Å². The highest BCUT2D eigenvalue weighted by Crippen LogP contribution is 2.32. The van der Waals surface area contributed by atoms with Gasteiger partial charge in [0.25, 0.3) is 0 Å². The fourth-order valence-corrected chi connectivity index (χ4v) is 2.90. The third-order valence-corrected chi connectivity index (χ3v) is 4.29. The van der Waals surface area contributed by atoms with Gasteiger partial charge in [0.1, 0.15) is 0 Å². The summed E-state index contributed by atoms with van der Waals surface area (Å²) in [6, 6.07) is 0. The quantitative estimate of drug-likeness (QED) is 0.624. The zero-order valence-electron chi connectivity index (χ0n) is 12.4. The first-order valence-electron chi connectivity index (χ1n) is 7.61. The molecule has 0 radical (unpaired) electrons. The highest BCUT2D eigenvalue weighted by Gasteiger charge is 2.38. The molecule has 0 heterocycles. The van der Waals surface area contributed by atoms with Crippen molar-refractivity contribution in [2.75, 3.05) is 13.7 Å². The van der Waals surface area contributed by atoms with Crippen LogP contribution in [-0.4, -0.2) is 36.5 Å². The molecular weight excluding hydrogens is 226 g/mol. The first kappa shape index (κ1) is 15.9. The van der Waals surface area contributed by atoms with E-state index in [0.717, 1.165) is 19.3 Å². The van der Waals surface area contributed by atoms with Gasteiger partial charge >= 0.3 is 0 Å². The molecule has 0 bridgehead atoms. The van der Waals surface area contributed by atoms with Crippen LogP contribution in [0.15, 0.2) is 0 Å². The molecule has 3 nitrogen and oxygen atoms in total. The minimum absolute atomic E-state index is 0.0907. The van der Waals surface area contributed by atoms with Crippen LogP contribution in [0.4, 0.5) is 0 Å². The van der Waals surface area contributed by atoms with Crippen molar-refractivity contribution in [3.05, 3.63) is 0 Å². The van der Waals surface area contributed by atoms with E-state index in [0.29, 0.717) is 12.2 Å². The molecule has 0 aliphatic heterocycles. The van der Waals surface area contributed by atoms with Crippen molar-refractivity contribution < 1.29 is 9.84 Å². The Kier molecular flexibility index (Phi) is 7.20. The average molecular weight is 257 g/mol. The van der Waals surface area contributed by atoms with E-state index in [9.17, 15) is 5.11 Å². The predicted molar refractivity (Wildman–Crippen MR) is 75.8 cm³/mol. The number of unbranched alkanes of at least 4 members (excludes halogenated alkanes) is 3. The second-order valence-electron chi connectivity index (χ2n) is 5.85. The van der Waals surface area contributed by atoms with Gasteiger partial charge in [0.15, 0.2) is 0 Å². The van der Waals surface area contributed by atoms with Crippen LogP contribution in [0, 0.1) is 0 Å². The maximum atomic E-state index is 9.45. The molecule has 0 aromatic carbocycles. The van der Waals surface area contributed by atoms with Crippen LogP contribution in [0.25, 0.3) is 0 Å². The van der Waals surface area contributed by atoms with Crippen LogP contribution in [-0.2, 0) is 4.74 Å². The number of ether oxygens (including phenoxy) is 1. The fourth-order valence-electron chi connectivity index (χ4n) is 2.90. The molecule has 18 heavy (non-hydrogen) atoms. The molecule has 3 unspecified atom stereocenters. The van der Waals surface area contributed by atoms with E-state index in [4.69, 9.17) is 4.74 Å². The molecule has 1 rings (SSSR count). The topological polar surface area (TPSA) is 41.5 Å². The smallest absolute Gasteiger partial charge is 0.0614 e. The molecule has 108 valence electrons. The van der Waals surface area contributed by atoms with E-state index in [1.54, 1.807) is 0 Å². The highest BCUT2D eigenvalue weighted by molar-refractivity contribution is 4.95. The van der Waals surface area contributed by atoms with Gasteiger partial charge in [0.05, 0.1) is 18.8 Å². The molecule has 1 aliphatic rings. The summed E-state index contributed by atoms with van der Waals surface area (Å²) in [5.41, 5.74) is -0.0907. The molecule has 0 aromatic heterocycles. The molecule has 0 spiro atoms. The Morgan fingerprint density at radius 3 is 2.72 bits per heavy atom. The number of aliphatic hydroxyl groups is 1. The molecule has 0 aromatic rings. The lowest BCUT2D eigenvalue weighted by Crippen LogP contribution is -2.44.